The van der Waals surface area contributed by atoms with Crippen LogP contribution in [0.25, 0.3) is 22.3 Å². The van der Waals surface area contributed by atoms with Crippen LogP contribution in [0.3, 0.4) is 0 Å². The van der Waals surface area contributed by atoms with E-state index in [1.54, 1.807) is 46.4 Å². The van der Waals surface area contributed by atoms with Crippen LogP contribution in [0, 0.1) is 0 Å². The second-order valence-corrected chi connectivity index (χ2v) is 7.28. The van der Waals surface area contributed by atoms with Gasteiger partial charge in [0.25, 0.3) is 11.8 Å². The Labute approximate surface area is 177 Å². The van der Waals surface area contributed by atoms with Gasteiger partial charge >= 0.3 is 0 Å². The third kappa shape index (κ3) is 4.53. The Kier molecular flexibility index (Phi) is 5.82. The molecule has 148 valence electrons. The lowest BCUT2D eigenvalue weighted by atomic mass is 10.2. The van der Waals surface area contributed by atoms with E-state index in [4.69, 9.17) is 0 Å². The number of carbonyl (C=O) groups excluding carboxylic acids is 2. The summed E-state index contributed by atoms with van der Waals surface area (Å²) in [4.78, 5) is 25.2. The quantitative estimate of drug-likeness (QED) is 0.382. The van der Waals surface area contributed by atoms with Crippen molar-refractivity contribution in [2.24, 2.45) is 0 Å². The lowest BCUT2D eigenvalue weighted by Crippen LogP contribution is -2.40. The van der Waals surface area contributed by atoms with E-state index >= 15 is 0 Å². The topological polar surface area (TPSA) is 76.0 Å². The fraction of sp³-hybridized carbons (Fsp3) is 0. The molecule has 30 heavy (non-hydrogen) atoms. The lowest BCUT2D eigenvalue weighted by molar-refractivity contribution is -0.117. The minimum atomic E-state index is -0.441. The van der Waals surface area contributed by atoms with Crippen LogP contribution in [-0.4, -0.2) is 21.6 Å². The maximum absolute atomic E-state index is 12.2. The summed E-state index contributed by atoms with van der Waals surface area (Å²) < 4.78 is 1.78. The van der Waals surface area contributed by atoms with Crippen LogP contribution in [0.5, 0.6) is 0 Å². The minimum Gasteiger partial charge on any atom is -0.268 e. The normalized spacial score (nSPS) is 10.8. The van der Waals surface area contributed by atoms with Gasteiger partial charge in [0.05, 0.1) is 10.6 Å². The number of carbonyl (C=O) groups is 2. The average Bonchev–Trinajstić information content (AvgIpc) is 3.47. The zero-order valence-corrected chi connectivity index (χ0v) is 16.7. The van der Waals surface area contributed by atoms with Crippen LogP contribution in [0.15, 0.2) is 90.4 Å². The van der Waals surface area contributed by atoms with Gasteiger partial charge < -0.3 is 0 Å². The van der Waals surface area contributed by atoms with Gasteiger partial charge in [-0.3, -0.25) is 20.4 Å². The van der Waals surface area contributed by atoms with Crippen molar-refractivity contribution in [3.63, 3.8) is 0 Å². The molecular weight excluding hydrogens is 396 g/mol. The first-order chi connectivity index (χ1) is 14.7. The summed E-state index contributed by atoms with van der Waals surface area (Å²) in [6.45, 7) is 0. The molecule has 0 saturated heterocycles. The number of hydrogen-bond acceptors (Lipinski definition) is 4. The zero-order chi connectivity index (χ0) is 20.8. The standard InChI is InChI=1S/C23H18N4O2S/c28-21(24-25-23(29)17-8-3-1-4-9-17)14-13-18-16-27(19-10-5-2-6-11-19)26-22(18)20-12-7-15-30-20/h1-16H,(H,24,28)(H,25,29)/b14-13+. The third-order valence-electron chi connectivity index (χ3n) is 4.27. The summed E-state index contributed by atoms with van der Waals surface area (Å²) in [6.07, 6.45) is 4.93. The van der Waals surface area contributed by atoms with Gasteiger partial charge in [-0.15, -0.1) is 11.3 Å². The number of rotatable bonds is 5. The number of para-hydroxylation sites is 1. The van der Waals surface area contributed by atoms with Gasteiger partial charge in [-0.1, -0.05) is 42.5 Å². The molecule has 0 bridgehead atoms. The monoisotopic (exact) mass is 414 g/mol. The molecule has 2 N–H and O–H groups in total. The Balaban J connectivity index is 1.50. The molecule has 0 unspecified atom stereocenters. The Hall–Kier alpha value is -3.97. The molecule has 0 fully saturated rings. The number of hydrogen-bond donors (Lipinski definition) is 2. The predicted octanol–water partition coefficient (Wildman–Crippen LogP) is 4.08. The van der Waals surface area contributed by atoms with Crippen LogP contribution in [0.4, 0.5) is 0 Å². The Morgan fingerprint density at radius 2 is 1.63 bits per heavy atom. The van der Waals surface area contributed by atoms with Gasteiger partial charge in [0, 0.05) is 23.4 Å². The van der Waals surface area contributed by atoms with Crippen molar-refractivity contribution in [2.75, 3.05) is 0 Å². The number of aromatic nitrogens is 2. The molecule has 4 rings (SSSR count). The lowest BCUT2D eigenvalue weighted by Gasteiger charge is -2.04. The summed E-state index contributed by atoms with van der Waals surface area (Å²) in [5.74, 6) is -0.822. The summed E-state index contributed by atoms with van der Waals surface area (Å²) in [5.41, 5.74) is 7.76. The van der Waals surface area contributed by atoms with Crippen LogP contribution >= 0.6 is 11.3 Å². The number of nitrogens with one attached hydrogen (secondary N) is 2. The highest BCUT2D eigenvalue weighted by Crippen LogP contribution is 2.28. The molecule has 0 radical (unpaired) electrons. The van der Waals surface area contributed by atoms with E-state index in [2.05, 4.69) is 16.0 Å². The van der Waals surface area contributed by atoms with Crippen LogP contribution in [0.2, 0.25) is 0 Å². The highest BCUT2D eigenvalue weighted by Gasteiger charge is 2.12. The second-order valence-electron chi connectivity index (χ2n) is 6.33. The molecule has 0 aliphatic carbocycles. The maximum Gasteiger partial charge on any atom is 0.269 e. The molecule has 2 heterocycles. The van der Waals surface area contributed by atoms with E-state index in [0.717, 1.165) is 21.8 Å². The van der Waals surface area contributed by atoms with Crippen molar-refractivity contribution in [1.82, 2.24) is 20.6 Å². The Morgan fingerprint density at radius 1 is 0.900 bits per heavy atom. The molecule has 6 nitrogen and oxygen atoms in total. The molecule has 7 heteroatoms. The van der Waals surface area contributed by atoms with Gasteiger partial charge in [-0.25, -0.2) is 4.68 Å². The minimum absolute atomic E-state index is 0.381. The number of hydrazine groups is 1. The maximum atomic E-state index is 12.2. The summed E-state index contributed by atoms with van der Waals surface area (Å²) in [6, 6.07) is 22.4. The van der Waals surface area contributed by atoms with Crippen molar-refractivity contribution in [3.8, 4) is 16.3 Å². The van der Waals surface area contributed by atoms with E-state index < -0.39 is 5.91 Å². The number of benzene rings is 2. The third-order valence-corrected chi connectivity index (χ3v) is 5.14. The smallest absolute Gasteiger partial charge is 0.268 e. The van der Waals surface area contributed by atoms with Gasteiger partial charge in [-0.05, 0) is 41.8 Å². The molecule has 2 amide bonds. The zero-order valence-electron chi connectivity index (χ0n) is 15.9. The Bertz CT molecular complexity index is 1170. The second kappa shape index (κ2) is 9.02. The fourth-order valence-electron chi connectivity index (χ4n) is 2.81. The summed E-state index contributed by atoms with van der Waals surface area (Å²) in [5, 5.41) is 6.67. The molecular formula is C23H18N4O2S. The van der Waals surface area contributed by atoms with Crippen LogP contribution in [-0.2, 0) is 4.79 Å². The first kappa shape index (κ1) is 19.4. The predicted molar refractivity (Wildman–Crippen MR) is 118 cm³/mol. The molecule has 0 spiro atoms. The molecule has 4 aromatic rings. The Morgan fingerprint density at radius 3 is 2.33 bits per heavy atom. The highest BCUT2D eigenvalue weighted by molar-refractivity contribution is 7.13. The fourth-order valence-corrected chi connectivity index (χ4v) is 3.55. The van der Waals surface area contributed by atoms with Crippen molar-refractivity contribution < 1.29 is 9.59 Å². The summed E-state index contributed by atoms with van der Waals surface area (Å²) in [7, 11) is 0. The van der Waals surface area contributed by atoms with Crippen molar-refractivity contribution in [3.05, 3.63) is 102 Å². The molecule has 2 aromatic heterocycles. The van der Waals surface area contributed by atoms with Crippen molar-refractivity contribution in [1.29, 1.82) is 0 Å². The van der Waals surface area contributed by atoms with Gasteiger partial charge in [0.1, 0.15) is 5.69 Å². The van der Waals surface area contributed by atoms with Crippen LogP contribution in [0.1, 0.15) is 15.9 Å². The van der Waals surface area contributed by atoms with Gasteiger partial charge in [-0.2, -0.15) is 5.10 Å². The highest BCUT2D eigenvalue weighted by atomic mass is 32.1. The molecule has 0 aliphatic heterocycles. The first-order valence-electron chi connectivity index (χ1n) is 9.23. The largest absolute Gasteiger partial charge is 0.269 e. The number of thiophene rings is 1. The number of amides is 2. The first-order valence-corrected chi connectivity index (χ1v) is 10.1. The molecule has 0 atom stereocenters. The van der Waals surface area contributed by atoms with Gasteiger partial charge in [0.15, 0.2) is 0 Å². The summed E-state index contributed by atoms with van der Waals surface area (Å²) >= 11 is 1.58. The molecule has 2 aromatic carbocycles. The molecule has 0 aliphatic rings. The van der Waals surface area contributed by atoms with E-state index in [9.17, 15) is 9.59 Å². The van der Waals surface area contributed by atoms with E-state index in [0.29, 0.717) is 5.56 Å². The van der Waals surface area contributed by atoms with E-state index in [1.165, 1.54) is 6.08 Å². The SMILES string of the molecule is O=C(/C=C/c1cn(-c2ccccc2)nc1-c1cccs1)NNC(=O)c1ccccc1. The van der Waals surface area contributed by atoms with E-state index in [-0.39, 0.29) is 5.91 Å². The average molecular weight is 414 g/mol. The number of nitrogens with zero attached hydrogens (tertiary/aromatic N) is 2. The molecule has 0 saturated carbocycles. The van der Waals surface area contributed by atoms with Crippen molar-refractivity contribution >= 4 is 29.2 Å². The van der Waals surface area contributed by atoms with Crippen molar-refractivity contribution in [2.45, 2.75) is 0 Å². The van der Waals surface area contributed by atoms with Gasteiger partial charge in [0.2, 0.25) is 0 Å². The van der Waals surface area contributed by atoms with Crippen LogP contribution < -0.4 is 10.9 Å². The van der Waals surface area contributed by atoms with E-state index in [1.807, 2.05) is 60.1 Å².